The Labute approximate surface area is 80.4 Å². The average molecular weight is 191 g/mol. The fourth-order valence-electron chi connectivity index (χ4n) is 1.14. The second-order valence-electron chi connectivity index (χ2n) is 3.00. The van der Waals surface area contributed by atoms with Gasteiger partial charge in [-0.3, -0.25) is 0 Å². The molecule has 0 rings (SSSR count). The van der Waals surface area contributed by atoms with E-state index in [9.17, 15) is 0 Å². The van der Waals surface area contributed by atoms with Crippen molar-refractivity contribution >= 4 is 11.6 Å². The van der Waals surface area contributed by atoms with Crippen LogP contribution in [0.5, 0.6) is 0 Å². The molecule has 0 aromatic heterocycles. The lowest BCUT2D eigenvalue weighted by Gasteiger charge is -1.98. The van der Waals surface area contributed by atoms with Crippen molar-refractivity contribution in [1.82, 2.24) is 0 Å². The van der Waals surface area contributed by atoms with Gasteiger partial charge < -0.3 is 5.11 Å². The number of aliphatic hydroxyl groups excluding tert-OH is 1. The topological polar surface area (TPSA) is 20.2 Å². The lowest BCUT2D eigenvalue weighted by atomic mass is 10.1. The van der Waals surface area contributed by atoms with Gasteiger partial charge in [0.2, 0.25) is 0 Å². The van der Waals surface area contributed by atoms with Crippen molar-refractivity contribution in [3.05, 3.63) is 11.6 Å². The van der Waals surface area contributed by atoms with E-state index in [0.717, 1.165) is 12.8 Å². The zero-order valence-electron chi connectivity index (χ0n) is 7.64. The van der Waals surface area contributed by atoms with Crippen LogP contribution >= 0.6 is 11.6 Å². The molecule has 1 N–H and O–H groups in total. The first kappa shape index (κ1) is 12.0. The standard InChI is InChI=1S/C10H19ClO/c11-9-7-5-3-1-2-4-6-8-10-12/h7,9,12H,1-6,8,10H2/b9-7-. The molecular weight excluding hydrogens is 172 g/mol. The molecule has 0 aliphatic heterocycles. The van der Waals surface area contributed by atoms with Crippen LogP contribution in [-0.4, -0.2) is 11.7 Å². The quantitative estimate of drug-likeness (QED) is 0.582. The molecule has 2 heteroatoms. The van der Waals surface area contributed by atoms with E-state index in [-0.39, 0.29) is 0 Å². The van der Waals surface area contributed by atoms with Gasteiger partial charge in [0.15, 0.2) is 0 Å². The highest BCUT2D eigenvalue weighted by atomic mass is 35.5. The second-order valence-corrected chi connectivity index (χ2v) is 3.25. The molecule has 0 atom stereocenters. The van der Waals surface area contributed by atoms with Crippen molar-refractivity contribution in [2.75, 3.05) is 6.61 Å². The fourth-order valence-corrected chi connectivity index (χ4v) is 1.27. The lowest BCUT2D eigenvalue weighted by Crippen LogP contribution is -1.83. The molecule has 0 bridgehead atoms. The molecule has 0 spiro atoms. The summed E-state index contributed by atoms with van der Waals surface area (Å²) < 4.78 is 0. The van der Waals surface area contributed by atoms with Crippen LogP contribution in [0.3, 0.4) is 0 Å². The van der Waals surface area contributed by atoms with Gasteiger partial charge in [0.05, 0.1) is 0 Å². The largest absolute Gasteiger partial charge is 0.396 e. The van der Waals surface area contributed by atoms with Crippen molar-refractivity contribution in [2.45, 2.75) is 44.9 Å². The predicted molar refractivity (Wildman–Crippen MR) is 54.4 cm³/mol. The summed E-state index contributed by atoms with van der Waals surface area (Å²) in [6.45, 7) is 0.342. The van der Waals surface area contributed by atoms with Gasteiger partial charge in [-0.2, -0.15) is 0 Å². The van der Waals surface area contributed by atoms with Crippen molar-refractivity contribution in [1.29, 1.82) is 0 Å². The van der Waals surface area contributed by atoms with Crippen LogP contribution in [0.25, 0.3) is 0 Å². The first-order valence-corrected chi connectivity index (χ1v) is 5.21. The summed E-state index contributed by atoms with van der Waals surface area (Å²) >= 11 is 5.37. The van der Waals surface area contributed by atoms with Crippen molar-refractivity contribution in [3.63, 3.8) is 0 Å². The van der Waals surface area contributed by atoms with Crippen LogP contribution in [0.1, 0.15) is 44.9 Å². The number of rotatable bonds is 8. The molecule has 0 saturated heterocycles. The zero-order chi connectivity index (χ0) is 9.07. The molecule has 0 aliphatic carbocycles. The molecular formula is C10H19ClO. The molecule has 0 amide bonds. The Morgan fingerprint density at radius 2 is 1.50 bits per heavy atom. The normalized spacial score (nSPS) is 11.2. The Kier molecular flexibility index (Phi) is 11.0. The molecule has 0 heterocycles. The molecule has 12 heavy (non-hydrogen) atoms. The number of unbranched alkanes of at least 4 members (excludes halogenated alkanes) is 6. The predicted octanol–water partition coefficient (Wildman–Crippen LogP) is 3.46. The van der Waals surface area contributed by atoms with Crippen LogP contribution in [-0.2, 0) is 0 Å². The first-order valence-electron chi connectivity index (χ1n) is 4.78. The van der Waals surface area contributed by atoms with E-state index < -0.39 is 0 Å². The molecule has 1 nitrogen and oxygen atoms in total. The van der Waals surface area contributed by atoms with Crippen molar-refractivity contribution < 1.29 is 5.11 Å². The summed E-state index contributed by atoms with van der Waals surface area (Å²) in [6, 6.07) is 0. The minimum absolute atomic E-state index is 0.342. The SMILES string of the molecule is OCCCCCCCC/C=C\Cl. The number of hydrogen-bond donors (Lipinski definition) is 1. The van der Waals surface area contributed by atoms with E-state index in [1.54, 1.807) is 5.54 Å². The van der Waals surface area contributed by atoms with E-state index in [1.807, 2.05) is 6.08 Å². The summed E-state index contributed by atoms with van der Waals surface area (Å²) in [5.41, 5.74) is 1.59. The Bertz CT molecular complexity index is 102. The summed E-state index contributed by atoms with van der Waals surface area (Å²) in [7, 11) is 0. The van der Waals surface area contributed by atoms with Gasteiger partial charge in [-0.15, -0.1) is 0 Å². The van der Waals surface area contributed by atoms with Crippen LogP contribution in [0, 0.1) is 0 Å². The molecule has 0 saturated carbocycles. The maximum Gasteiger partial charge on any atom is 0.0431 e. The van der Waals surface area contributed by atoms with Crippen molar-refractivity contribution in [3.8, 4) is 0 Å². The average Bonchev–Trinajstić information content (AvgIpc) is 2.10. The van der Waals surface area contributed by atoms with E-state index in [4.69, 9.17) is 16.7 Å². The molecule has 0 radical (unpaired) electrons. The number of aliphatic hydroxyl groups is 1. The number of allylic oxidation sites excluding steroid dienone is 1. The third-order valence-corrected chi connectivity index (χ3v) is 2.05. The fraction of sp³-hybridized carbons (Fsp3) is 0.800. The van der Waals surface area contributed by atoms with Gasteiger partial charge in [-0.25, -0.2) is 0 Å². The van der Waals surface area contributed by atoms with Crippen LogP contribution < -0.4 is 0 Å². The summed E-state index contributed by atoms with van der Waals surface area (Å²) in [6.07, 6.45) is 10.3. The highest BCUT2D eigenvalue weighted by Crippen LogP contribution is 2.07. The summed E-state index contributed by atoms with van der Waals surface area (Å²) in [5, 5.41) is 8.52. The molecule has 0 aromatic carbocycles. The monoisotopic (exact) mass is 190 g/mol. The van der Waals surface area contributed by atoms with Crippen molar-refractivity contribution in [2.24, 2.45) is 0 Å². The van der Waals surface area contributed by atoms with Gasteiger partial charge in [-0.05, 0) is 19.3 Å². The van der Waals surface area contributed by atoms with Gasteiger partial charge in [0, 0.05) is 12.1 Å². The third kappa shape index (κ3) is 9.99. The molecule has 0 aromatic rings. The van der Waals surface area contributed by atoms with Gasteiger partial charge in [0.1, 0.15) is 0 Å². The molecule has 0 unspecified atom stereocenters. The van der Waals surface area contributed by atoms with Crippen LogP contribution in [0.4, 0.5) is 0 Å². The summed E-state index contributed by atoms with van der Waals surface area (Å²) in [4.78, 5) is 0. The zero-order valence-corrected chi connectivity index (χ0v) is 8.39. The maximum absolute atomic E-state index is 8.52. The highest BCUT2D eigenvalue weighted by molar-refractivity contribution is 6.25. The Morgan fingerprint density at radius 1 is 0.917 bits per heavy atom. The smallest absolute Gasteiger partial charge is 0.0431 e. The minimum Gasteiger partial charge on any atom is -0.396 e. The first-order chi connectivity index (χ1) is 5.91. The van der Waals surface area contributed by atoms with Gasteiger partial charge in [0.25, 0.3) is 0 Å². The lowest BCUT2D eigenvalue weighted by molar-refractivity contribution is 0.282. The number of hydrogen-bond acceptors (Lipinski definition) is 1. The van der Waals surface area contributed by atoms with Crippen LogP contribution in [0.2, 0.25) is 0 Å². The van der Waals surface area contributed by atoms with Crippen LogP contribution in [0.15, 0.2) is 11.6 Å². The molecule has 0 aliphatic rings. The van der Waals surface area contributed by atoms with E-state index >= 15 is 0 Å². The Hall–Kier alpha value is -0.0100. The van der Waals surface area contributed by atoms with E-state index in [2.05, 4.69) is 0 Å². The maximum atomic E-state index is 8.52. The van der Waals surface area contributed by atoms with Gasteiger partial charge in [-0.1, -0.05) is 43.4 Å². The molecule has 72 valence electrons. The number of halogens is 1. The summed E-state index contributed by atoms with van der Waals surface area (Å²) in [5.74, 6) is 0. The Balaban J connectivity index is 2.81. The highest BCUT2D eigenvalue weighted by Gasteiger charge is 1.88. The second kappa shape index (κ2) is 11.0. The minimum atomic E-state index is 0.342. The molecule has 0 fully saturated rings. The Morgan fingerprint density at radius 3 is 2.08 bits per heavy atom. The third-order valence-electron chi connectivity index (χ3n) is 1.87. The van der Waals surface area contributed by atoms with E-state index in [0.29, 0.717) is 6.61 Å². The van der Waals surface area contributed by atoms with E-state index in [1.165, 1.54) is 32.1 Å². The van der Waals surface area contributed by atoms with Gasteiger partial charge >= 0.3 is 0 Å².